The van der Waals surface area contributed by atoms with E-state index in [-0.39, 0.29) is 6.61 Å². The van der Waals surface area contributed by atoms with Crippen molar-refractivity contribution in [2.45, 2.75) is 6.92 Å². The summed E-state index contributed by atoms with van der Waals surface area (Å²) in [5, 5.41) is 9.55. The van der Waals surface area contributed by atoms with Crippen molar-refractivity contribution in [1.29, 1.82) is 0 Å². The van der Waals surface area contributed by atoms with E-state index in [1.54, 1.807) is 6.07 Å². The first-order valence-electron chi connectivity index (χ1n) is 3.54. The summed E-state index contributed by atoms with van der Waals surface area (Å²) in [6.45, 7) is 1.96. The smallest absolute Gasteiger partial charge is 0.0548 e. The number of hydrogen-bond donors (Lipinski definition) is 1. The largest absolute Gasteiger partial charge is 0.395 e. The van der Waals surface area contributed by atoms with Crippen molar-refractivity contribution in [2.75, 3.05) is 6.61 Å². The maximum absolute atomic E-state index is 8.86. The highest BCUT2D eigenvalue weighted by Gasteiger charge is 2.06. The Morgan fingerprint density at radius 3 is 2.75 bits per heavy atom. The Morgan fingerprint density at radius 2 is 2.25 bits per heavy atom. The fourth-order valence-electron chi connectivity index (χ4n) is 0.853. The van der Waals surface area contributed by atoms with Gasteiger partial charge in [-0.05, 0) is 33.6 Å². The van der Waals surface area contributed by atoms with Crippen LogP contribution in [0.1, 0.15) is 12.5 Å². The van der Waals surface area contributed by atoms with Gasteiger partial charge in [-0.1, -0.05) is 24.6 Å². The van der Waals surface area contributed by atoms with Gasteiger partial charge in [-0.25, -0.2) is 0 Å². The average molecular weight is 249 g/mol. The van der Waals surface area contributed by atoms with Gasteiger partial charge in [-0.15, -0.1) is 0 Å². The van der Waals surface area contributed by atoms with Gasteiger partial charge in [-0.3, -0.25) is 0 Å². The quantitative estimate of drug-likeness (QED) is 0.853. The topological polar surface area (TPSA) is 20.2 Å². The van der Waals surface area contributed by atoms with Gasteiger partial charge in [0, 0.05) is 10.4 Å². The number of rotatable bonds is 2. The lowest BCUT2D eigenvalue weighted by molar-refractivity contribution is 0.315. The van der Waals surface area contributed by atoms with Crippen LogP contribution in [-0.2, 0) is 0 Å². The lowest BCUT2D eigenvalue weighted by atomic mass is 10.0. The number of hydrogen-bond acceptors (Lipinski definition) is 1. The molecule has 0 heterocycles. The average Bonchev–Trinajstić information content (AvgIpc) is 2.08. The third-order valence-corrected chi connectivity index (χ3v) is 2.86. The third-order valence-electron chi connectivity index (χ3n) is 1.65. The van der Waals surface area contributed by atoms with E-state index in [9.17, 15) is 0 Å². The predicted octanol–water partition coefficient (Wildman–Crippen LogP) is 3.04. The van der Waals surface area contributed by atoms with Crippen LogP contribution < -0.4 is 0 Å². The summed E-state index contributed by atoms with van der Waals surface area (Å²) >= 11 is 9.13. The summed E-state index contributed by atoms with van der Waals surface area (Å²) in [4.78, 5) is 0. The molecule has 12 heavy (non-hydrogen) atoms. The Morgan fingerprint density at radius 1 is 1.58 bits per heavy atom. The fraction of sp³-hybridized carbons (Fsp3) is 0.222. The van der Waals surface area contributed by atoms with Crippen molar-refractivity contribution < 1.29 is 5.11 Å². The second-order valence-electron chi connectivity index (χ2n) is 2.57. The summed E-state index contributed by atoms with van der Waals surface area (Å²) in [6.07, 6.45) is 0. The molecular formula is C9H9BrClO. The summed E-state index contributed by atoms with van der Waals surface area (Å²) < 4.78 is 0.856. The molecule has 0 spiro atoms. The van der Waals surface area contributed by atoms with Gasteiger partial charge in [0.2, 0.25) is 0 Å². The Bertz CT molecular complexity index is 275. The molecule has 0 aliphatic carbocycles. The molecule has 0 atom stereocenters. The molecule has 1 N–H and O–H groups in total. The number of benzene rings is 1. The molecule has 0 aliphatic rings. The van der Waals surface area contributed by atoms with Crippen molar-refractivity contribution >= 4 is 27.5 Å². The van der Waals surface area contributed by atoms with E-state index in [4.69, 9.17) is 16.7 Å². The zero-order chi connectivity index (χ0) is 9.14. The highest BCUT2D eigenvalue weighted by Crippen LogP contribution is 2.26. The zero-order valence-electron chi connectivity index (χ0n) is 6.64. The number of aliphatic hydroxyl groups is 1. The van der Waals surface area contributed by atoms with Crippen LogP contribution in [-0.4, -0.2) is 11.7 Å². The van der Waals surface area contributed by atoms with Gasteiger partial charge >= 0.3 is 0 Å². The van der Waals surface area contributed by atoms with Gasteiger partial charge in [-0.2, -0.15) is 0 Å². The molecule has 1 aromatic carbocycles. The van der Waals surface area contributed by atoms with Gasteiger partial charge in [0.05, 0.1) is 11.6 Å². The van der Waals surface area contributed by atoms with Gasteiger partial charge in [0.15, 0.2) is 0 Å². The van der Waals surface area contributed by atoms with E-state index in [0.717, 1.165) is 16.0 Å². The Hall–Kier alpha value is -0.0500. The van der Waals surface area contributed by atoms with Crippen LogP contribution in [0, 0.1) is 5.92 Å². The molecular weight excluding hydrogens is 239 g/mol. The monoisotopic (exact) mass is 247 g/mol. The maximum Gasteiger partial charge on any atom is 0.0548 e. The van der Waals surface area contributed by atoms with Crippen LogP contribution >= 0.6 is 27.5 Å². The SMILES string of the molecule is C[C](CO)c1ccc(Cl)c(Br)c1. The van der Waals surface area contributed by atoms with Crippen molar-refractivity contribution in [3.8, 4) is 0 Å². The molecule has 0 amide bonds. The second kappa shape index (κ2) is 4.26. The minimum absolute atomic E-state index is 0.0775. The predicted molar refractivity (Wildman–Crippen MR) is 54.3 cm³/mol. The molecule has 0 unspecified atom stereocenters. The first-order valence-corrected chi connectivity index (χ1v) is 4.71. The Labute approximate surface area is 85.5 Å². The second-order valence-corrected chi connectivity index (χ2v) is 3.83. The molecule has 0 fully saturated rings. The normalized spacial score (nSPS) is 10.8. The lowest BCUT2D eigenvalue weighted by Gasteiger charge is -2.07. The zero-order valence-corrected chi connectivity index (χ0v) is 8.98. The van der Waals surface area contributed by atoms with Crippen LogP contribution in [0.5, 0.6) is 0 Å². The summed E-state index contributed by atoms with van der Waals surface area (Å²) in [5.41, 5.74) is 1.01. The molecule has 3 heteroatoms. The van der Waals surface area contributed by atoms with Gasteiger partial charge in [0.1, 0.15) is 0 Å². The summed E-state index contributed by atoms with van der Waals surface area (Å²) in [5.74, 6) is 0.937. The van der Waals surface area contributed by atoms with Crippen molar-refractivity contribution in [2.24, 2.45) is 0 Å². The number of halogens is 2. The molecule has 1 aromatic rings. The van der Waals surface area contributed by atoms with Crippen molar-refractivity contribution in [3.05, 3.63) is 39.2 Å². The third kappa shape index (κ3) is 2.22. The Kier molecular flexibility index (Phi) is 3.56. The van der Waals surface area contributed by atoms with E-state index in [1.165, 1.54) is 0 Å². The van der Waals surface area contributed by atoms with Crippen LogP contribution in [0.4, 0.5) is 0 Å². The highest BCUT2D eigenvalue weighted by molar-refractivity contribution is 9.10. The molecule has 0 aromatic heterocycles. The molecule has 0 bridgehead atoms. The van der Waals surface area contributed by atoms with E-state index in [2.05, 4.69) is 15.9 Å². The molecule has 65 valence electrons. The summed E-state index contributed by atoms with van der Waals surface area (Å²) in [7, 11) is 0. The molecule has 1 nitrogen and oxygen atoms in total. The standard InChI is InChI=1S/C9H9BrClO/c1-6(5-12)7-2-3-9(11)8(10)4-7/h2-4,12H,5H2,1H3. The van der Waals surface area contributed by atoms with E-state index in [0.29, 0.717) is 5.02 Å². The molecule has 0 saturated carbocycles. The molecule has 0 aliphatic heterocycles. The molecule has 1 radical (unpaired) electrons. The summed E-state index contributed by atoms with van der Waals surface area (Å²) in [6, 6.07) is 5.59. The minimum Gasteiger partial charge on any atom is -0.395 e. The van der Waals surface area contributed by atoms with E-state index < -0.39 is 0 Å². The molecule has 0 saturated heterocycles. The lowest BCUT2D eigenvalue weighted by Crippen LogP contribution is -1.99. The first-order chi connectivity index (χ1) is 5.65. The first kappa shape index (κ1) is 10.0. The van der Waals surface area contributed by atoms with E-state index >= 15 is 0 Å². The van der Waals surface area contributed by atoms with Gasteiger partial charge < -0.3 is 5.11 Å². The Balaban J connectivity index is 2.96. The van der Waals surface area contributed by atoms with Crippen LogP contribution in [0.2, 0.25) is 5.02 Å². The van der Waals surface area contributed by atoms with Crippen LogP contribution in [0.25, 0.3) is 0 Å². The van der Waals surface area contributed by atoms with E-state index in [1.807, 2.05) is 19.1 Å². The minimum atomic E-state index is 0.0775. The maximum atomic E-state index is 8.86. The fourth-order valence-corrected chi connectivity index (χ4v) is 1.35. The number of aliphatic hydroxyl groups excluding tert-OH is 1. The van der Waals surface area contributed by atoms with Crippen molar-refractivity contribution in [1.82, 2.24) is 0 Å². The highest BCUT2D eigenvalue weighted by atomic mass is 79.9. The van der Waals surface area contributed by atoms with Gasteiger partial charge in [0.25, 0.3) is 0 Å². The molecule has 1 rings (SSSR count). The van der Waals surface area contributed by atoms with Crippen LogP contribution in [0.15, 0.2) is 22.7 Å². The van der Waals surface area contributed by atoms with Crippen LogP contribution in [0.3, 0.4) is 0 Å². The van der Waals surface area contributed by atoms with Crippen molar-refractivity contribution in [3.63, 3.8) is 0 Å².